The van der Waals surface area contributed by atoms with Crippen LogP contribution in [0.15, 0.2) is 28.8 Å². The molecule has 2 fully saturated rings. The molecule has 1 aromatic heterocycles. The first kappa shape index (κ1) is 16.1. The van der Waals surface area contributed by atoms with Crippen LogP contribution in [0.1, 0.15) is 31.5 Å². The normalized spacial score (nSPS) is 25.9. The average molecular weight is 341 g/mol. The number of aryl methyl sites for hydroxylation is 1. The lowest BCUT2D eigenvalue weighted by Crippen LogP contribution is -2.52. The highest BCUT2D eigenvalue weighted by molar-refractivity contribution is 5.95. The molecule has 4 rings (SSSR count). The Bertz CT molecular complexity index is 775. The van der Waals surface area contributed by atoms with Crippen molar-refractivity contribution < 1.29 is 9.32 Å². The first-order chi connectivity index (χ1) is 12.0. The topological polar surface area (TPSA) is 88.5 Å². The van der Waals surface area contributed by atoms with Gasteiger partial charge in [0.25, 0.3) is 5.89 Å². The molecule has 0 aliphatic carbocycles. The van der Waals surface area contributed by atoms with E-state index in [1.54, 1.807) is 11.8 Å². The maximum absolute atomic E-state index is 12.4. The number of para-hydroxylation sites is 1. The second-order valence-corrected chi connectivity index (χ2v) is 7.05. The lowest BCUT2D eigenvalue weighted by molar-refractivity contribution is 0.160. The zero-order chi connectivity index (χ0) is 17.6. The van der Waals surface area contributed by atoms with E-state index in [1.807, 2.05) is 24.3 Å². The number of hydrogen-bond donors (Lipinski definition) is 1. The Morgan fingerprint density at radius 3 is 2.56 bits per heavy atom. The van der Waals surface area contributed by atoms with E-state index in [4.69, 9.17) is 10.3 Å². The van der Waals surface area contributed by atoms with E-state index in [0.29, 0.717) is 23.8 Å². The van der Waals surface area contributed by atoms with Gasteiger partial charge in [-0.05, 0) is 51.8 Å². The number of nitrogens with two attached hydrogens (primary N) is 1. The van der Waals surface area contributed by atoms with Crippen LogP contribution in [-0.4, -0.2) is 46.2 Å². The third-order valence-corrected chi connectivity index (χ3v) is 5.60. The third-order valence-electron chi connectivity index (χ3n) is 5.60. The number of piperidine rings is 1. The van der Waals surface area contributed by atoms with Crippen LogP contribution < -0.4 is 10.6 Å². The molecule has 2 saturated heterocycles. The maximum atomic E-state index is 12.4. The average Bonchev–Trinajstić information content (AvgIpc) is 3.08. The van der Waals surface area contributed by atoms with Gasteiger partial charge in [-0.1, -0.05) is 17.3 Å². The van der Waals surface area contributed by atoms with E-state index < -0.39 is 6.03 Å². The van der Waals surface area contributed by atoms with Gasteiger partial charge < -0.3 is 15.2 Å². The molecule has 7 heteroatoms. The number of primary amides is 1. The Labute approximate surface area is 146 Å². The van der Waals surface area contributed by atoms with Gasteiger partial charge in [-0.2, -0.15) is 4.98 Å². The molecule has 1 aromatic carbocycles. The van der Waals surface area contributed by atoms with Crippen molar-refractivity contribution >= 4 is 11.7 Å². The second kappa shape index (κ2) is 6.15. The Morgan fingerprint density at radius 1 is 1.28 bits per heavy atom. The van der Waals surface area contributed by atoms with Crippen LogP contribution in [0.2, 0.25) is 0 Å². The minimum Gasteiger partial charge on any atom is -0.351 e. The number of amides is 2. The van der Waals surface area contributed by atoms with Crippen molar-refractivity contribution in [1.29, 1.82) is 0 Å². The van der Waals surface area contributed by atoms with Gasteiger partial charge in [-0.15, -0.1) is 0 Å². The summed E-state index contributed by atoms with van der Waals surface area (Å²) >= 11 is 0. The maximum Gasteiger partial charge on any atom is 0.319 e. The van der Waals surface area contributed by atoms with Gasteiger partial charge in [-0.25, -0.2) is 4.79 Å². The molecule has 2 aliphatic rings. The summed E-state index contributed by atoms with van der Waals surface area (Å²) in [4.78, 5) is 20.9. The van der Waals surface area contributed by atoms with Gasteiger partial charge in [-0.3, -0.25) is 4.90 Å². The molecule has 0 saturated carbocycles. The number of rotatable bonds is 3. The van der Waals surface area contributed by atoms with Gasteiger partial charge >= 0.3 is 6.03 Å². The molecular formula is C18H23N5O2. The molecule has 2 atom stereocenters. The van der Waals surface area contributed by atoms with E-state index in [2.05, 4.69) is 22.1 Å². The molecule has 2 aliphatic heterocycles. The lowest BCUT2D eigenvalue weighted by atomic mass is 9.95. The van der Waals surface area contributed by atoms with E-state index in [-0.39, 0.29) is 6.04 Å². The van der Waals surface area contributed by atoms with Gasteiger partial charge in [0.15, 0.2) is 5.82 Å². The fourth-order valence-corrected chi connectivity index (χ4v) is 4.36. The van der Waals surface area contributed by atoms with Crippen LogP contribution in [0.3, 0.4) is 0 Å². The van der Waals surface area contributed by atoms with Gasteiger partial charge in [0, 0.05) is 18.1 Å². The monoisotopic (exact) mass is 341 g/mol. The molecule has 3 heterocycles. The number of carbonyl (C=O) groups excluding carboxylic acids is 1. The van der Waals surface area contributed by atoms with Crippen LogP contribution in [0.4, 0.5) is 10.5 Å². The van der Waals surface area contributed by atoms with Crippen molar-refractivity contribution in [2.24, 2.45) is 5.73 Å². The van der Waals surface area contributed by atoms with Crippen molar-refractivity contribution in [3.63, 3.8) is 0 Å². The van der Waals surface area contributed by atoms with Crippen LogP contribution >= 0.6 is 0 Å². The smallest absolute Gasteiger partial charge is 0.319 e. The summed E-state index contributed by atoms with van der Waals surface area (Å²) < 4.78 is 5.33. The molecule has 0 radical (unpaired) electrons. The summed E-state index contributed by atoms with van der Waals surface area (Å²) in [5.41, 5.74) is 7.29. The molecule has 0 spiro atoms. The number of fused-ring (bicyclic) bond motifs is 2. The fraction of sp³-hybridized carbons (Fsp3) is 0.500. The summed E-state index contributed by atoms with van der Waals surface area (Å²) in [6, 6.07) is 8.29. The van der Waals surface area contributed by atoms with Crippen molar-refractivity contribution in [2.75, 3.05) is 11.9 Å². The molecule has 2 unspecified atom stereocenters. The van der Waals surface area contributed by atoms with E-state index in [0.717, 1.165) is 24.1 Å². The molecule has 2 aromatic rings. The quantitative estimate of drug-likeness (QED) is 0.927. The molecule has 2 amide bonds. The number of hydrogen-bond acceptors (Lipinski definition) is 5. The Balaban J connectivity index is 1.72. The Kier molecular flexibility index (Phi) is 3.95. The predicted octanol–water partition coefficient (Wildman–Crippen LogP) is 2.56. The Hall–Kier alpha value is -2.41. The standard InChI is InChI=1S/C18H23N5O2/c1-11-20-17(25-21-11)15-5-3-4-6-16(15)23(18(19)24)14-9-12-7-8-13(10-14)22(12)2/h3-6,12-14H,7-10H2,1-2H3,(H2,19,24). The number of carbonyl (C=O) groups is 1. The van der Waals surface area contributed by atoms with E-state index >= 15 is 0 Å². The number of benzene rings is 1. The molecule has 2 bridgehead atoms. The molecule has 25 heavy (non-hydrogen) atoms. The second-order valence-electron chi connectivity index (χ2n) is 7.05. The number of urea groups is 1. The van der Waals surface area contributed by atoms with Gasteiger partial charge in [0.2, 0.25) is 0 Å². The lowest BCUT2D eigenvalue weighted by Gasteiger charge is -2.41. The first-order valence-corrected chi connectivity index (χ1v) is 8.75. The number of aromatic nitrogens is 2. The highest BCUT2D eigenvalue weighted by Crippen LogP contribution is 2.39. The molecule has 7 nitrogen and oxygen atoms in total. The van der Waals surface area contributed by atoms with Gasteiger partial charge in [0.1, 0.15) is 0 Å². The summed E-state index contributed by atoms with van der Waals surface area (Å²) in [5, 5.41) is 3.87. The van der Waals surface area contributed by atoms with Crippen molar-refractivity contribution in [3.8, 4) is 11.5 Å². The van der Waals surface area contributed by atoms with Gasteiger partial charge in [0.05, 0.1) is 11.3 Å². The summed E-state index contributed by atoms with van der Waals surface area (Å²) in [6.45, 7) is 1.77. The van der Waals surface area contributed by atoms with Crippen molar-refractivity contribution in [1.82, 2.24) is 15.0 Å². The summed E-state index contributed by atoms with van der Waals surface area (Å²) in [7, 11) is 2.18. The molecular weight excluding hydrogens is 318 g/mol. The SMILES string of the molecule is Cc1noc(-c2ccccc2N(C(N)=O)C2CC3CCC(C2)N3C)n1. The highest BCUT2D eigenvalue weighted by atomic mass is 16.5. The van der Waals surface area contributed by atoms with Crippen LogP contribution in [0.25, 0.3) is 11.5 Å². The predicted molar refractivity (Wildman–Crippen MR) is 94.1 cm³/mol. The van der Waals surface area contributed by atoms with E-state index in [9.17, 15) is 4.79 Å². The fourth-order valence-electron chi connectivity index (χ4n) is 4.36. The van der Waals surface area contributed by atoms with Crippen molar-refractivity contribution in [2.45, 2.75) is 50.7 Å². The minimum atomic E-state index is -0.433. The minimum absolute atomic E-state index is 0.0939. The molecule has 132 valence electrons. The third kappa shape index (κ3) is 2.78. The highest BCUT2D eigenvalue weighted by Gasteiger charge is 2.42. The summed E-state index contributed by atoms with van der Waals surface area (Å²) in [6.07, 6.45) is 4.25. The number of anilines is 1. The van der Waals surface area contributed by atoms with E-state index in [1.165, 1.54) is 12.8 Å². The first-order valence-electron chi connectivity index (χ1n) is 8.75. The zero-order valence-corrected chi connectivity index (χ0v) is 14.6. The zero-order valence-electron chi connectivity index (χ0n) is 14.6. The summed E-state index contributed by atoms with van der Waals surface area (Å²) in [5.74, 6) is 0.975. The largest absolute Gasteiger partial charge is 0.351 e. The molecule has 2 N–H and O–H groups in total. The van der Waals surface area contributed by atoms with Crippen LogP contribution in [0, 0.1) is 6.92 Å². The van der Waals surface area contributed by atoms with Crippen molar-refractivity contribution in [3.05, 3.63) is 30.1 Å². The van der Waals surface area contributed by atoms with Crippen LogP contribution in [0.5, 0.6) is 0 Å². The Morgan fingerprint density at radius 2 is 1.96 bits per heavy atom. The van der Waals surface area contributed by atoms with Crippen LogP contribution in [-0.2, 0) is 0 Å². The number of nitrogens with zero attached hydrogens (tertiary/aromatic N) is 4.